The first-order valence-electron chi connectivity index (χ1n) is 7.60. The number of carbonyl (C=O) groups is 1. The molecular formula is C15H27NO2. The Labute approximate surface area is 111 Å². The Kier molecular flexibility index (Phi) is 5.48. The molecular weight excluding hydrogens is 226 g/mol. The number of carbonyl (C=O) groups excluding carboxylic acids is 1. The second kappa shape index (κ2) is 7.13. The van der Waals surface area contributed by atoms with Gasteiger partial charge in [-0.05, 0) is 44.6 Å². The van der Waals surface area contributed by atoms with Crippen molar-refractivity contribution >= 4 is 5.97 Å². The van der Waals surface area contributed by atoms with Gasteiger partial charge in [0.2, 0.25) is 0 Å². The summed E-state index contributed by atoms with van der Waals surface area (Å²) in [7, 11) is 1.48. The lowest BCUT2D eigenvalue weighted by Gasteiger charge is -2.34. The zero-order chi connectivity index (χ0) is 12.8. The van der Waals surface area contributed by atoms with Gasteiger partial charge in [-0.3, -0.25) is 4.79 Å². The minimum absolute atomic E-state index is 0.0648. The smallest absolute Gasteiger partial charge is 0.305 e. The summed E-state index contributed by atoms with van der Waals surface area (Å²) in [5.74, 6) is 0.884. The van der Waals surface area contributed by atoms with Gasteiger partial charge in [0.15, 0.2) is 0 Å². The fourth-order valence-corrected chi connectivity index (χ4v) is 3.03. The first-order valence-corrected chi connectivity index (χ1v) is 7.60. The van der Waals surface area contributed by atoms with E-state index in [1.807, 2.05) is 0 Å². The molecule has 104 valence electrons. The summed E-state index contributed by atoms with van der Waals surface area (Å²) in [5, 5.41) is 0. The fraction of sp³-hybridized carbons (Fsp3) is 0.933. The van der Waals surface area contributed by atoms with Crippen LogP contribution in [0.15, 0.2) is 0 Å². The minimum atomic E-state index is -0.0648. The molecule has 0 saturated heterocycles. The molecule has 0 N–H and O–H groups in total. The molecule has 0 aromatic rings. The van der Waals surface area contributed by atoms with Crippen molar-refractivity contribution in [2.75, 3.05) is 20.2 Å². The van der Waals surface area contributed by atoms with E-state index in [1.165, 1.54) is 58.6 Å². The van der Waals surface area contributed by atoms with Crippen LogP contribution in [0.1, 0.15) is 57.8 Å². The van der Waals surface area contributed by atoms with Crippen LogP contribution in [0.25, 0.3) is 0 Å². The zero-order valence-corrected chi connectivity index (χ0v) is 11.7. The van der Waals surface area contributed by atoms with Gasteiger partial charge in [-0.1, -0.05) is 19.3 Å². The zero-order valence-electron chi connectivity index (χ0n) is 11.7. The Bertz CT molecular complexity index is 257. The van der Waals surface area contributed by atoms with Crippen molar-refractivity contribution in [2.24, 2.45) is 5.92 Å². The molecule has 2 aliphatic carbocycles. The van der Waals surface area contributed by atoms with Gasteiger partial charge in [-0.25, -0.2) is 0 Å². The quantitative estimate of drug-likeness (QED) is 0.653. The van der Waals surface area contributed by atoms with Crippen LogP contribution in [0.2, 0.25) is 0 Å². The van der Waals surface area contributed by atoms with Crippen LogP contribution >= 0.6 is 0 Å². The molecule has 0 aromatic heterocycles. The van der Waals surface area contributed by atoms with E-state index < -0.39 is 0 Å². The summed E-state index contributed by atoms with van der Waals surface area (Å²) >= 11 is 0. The van der Waals surface area contributed by atoms with Crippen molar-refractivity contribution < 1.29 is 9.53 Å². The van der Waals surface area contributed by atoms with Crippen LogP contribution in [0.3, 0.4) is 0 Å². The highest BCUT2D eigenvalue weighted by molar-refractivity contribution is 5.69. The molecule has 2 saturated carbocycles. The van der Waals surface area contributed by atoms with Gasteiger partial charge in [-0.2, -0.15) is 0 Å². The Morgan fingerprint density at radius 3 is 2.50 bits per heavy atom. The molecule has 0 aliphatic heterocycles. The van der Waals surface area contributed by atoms with E-state index >= 15 is 0 Å². The summed E-state index contributed by atoms with van der Waals surface area (Å²) in [5.41, 5.74) is 0. The minimum Gasteiger partial charge on any atom is -0.469 e. The second-order valence-electron chi connectivity index (χ2n) is 5.91. The predicted molar refractivity (Wildman–Crippen MR) is 72.4 cm³/mol. The third kappa shape index (κ3) is 4.60. The number of hydrogen-bond acceptors (Lipinski definition) is 3. The van der Waals surface area contributed by atoms with E-state index in [-0.39, 0.29) is 5.97 Å². The molecule has 0 amide bonds. The van der Waals surface area contributed by atoms with Gasteiger partial charge in [0, 0.05) is 19.0 Å². The average Bonchev–Trinajstić information content (AvgIpc) is 3.22. The third-order valence-electron chi connectivity index (χ3n) is 4.33. The SMILES string of the molecule is COC(=O)CCCN(CC1CC1)C1CCCCC1. The molecule has 3 heteroatoms. The highest BCUT2D eigenvalue weighted by atomic mass is 16.5. The van der Waals surface area contributed by atoms with Crippen molar-refractivity contribution in [3.63, 3.8) is 0 Å². The lowest BCUT2D eigenvalue weighted by atomic mass is 9.93. The molecule has 3 nitrogen and oxygen atoms in total. The maximum atomic E-state index is 11.2. The topological polar surface area (TPSA) is 29.5 Å². The van der Waals surface area contributed by atoms with Crippen LogP contribution in [0.5, 0.6) is 0 Å². The maximum absolute atomic E-state index is 11.2. The predicted octanol–water partition coefficient (Wildman–Crippen LogP) is 2.98. The number of hydrogen-bond donors (Lipinski definition) is 0. The fourth-order valence-electron chi connectivity index (χ4n) is 3.03. The van der Waals surface area contributed by atoms with E-state index in [0.717, 1.165) is 24.9 Å². The normalized spacial score (nSPS) is 21.2. The molecule has 0 aromatic carbocycles. The van der Waals surface area contributed by atoms with E-state index in [0.29, 0.717) is 6.42 Å². The number of methoxy groups -OCH3 is 1. The lowest BCUT2D eigenvalue weighted by molar-refractivity contribution is -0.140. The van der Waals surface area contributed by atoms with Gasteiger partial charge < -0.3 is 9.64 Å². The van der Waals surface area contributed by atoms with Crippen LogP contribution < -0.4 is 0 Å². The van der Waals surface area contributed by atoms with Gasteiger partial charge in [0.1, 0.15) is 0 Å². The van der Waals surface area contributed by atoms with Crippen molar-refractivity contribution in [1.29, 1.82) is 0 Å². The Balaban J connectivity index is 1.74. The van der Waals surface area contributed by atoms with Crippen molar-refractivity contribution in [3.05, 3.63) is 0 Å². The highest BCUT2D eigenvalue weighted by Gasteiger charge is 2.28. The molecule has 0 spiro atoms. The largest absolute Gasteiger partial charge is 0.469 e. The van der Waals surface area contributed by atoms with Gasteiger partial charge in [0.25, 0.3) is 0 Å². The number of rotatable bonds is 7. The van der Waals surface area contributed by atoms with Gasteiger partial charge in [0.05, 0.1) is 7.11 Å². The monoisotopic (exact) mass is 253 g/mol. The maximum Gasteiger partial charge on any atom is 0.305 e. The van der Waals surface area contributed by atoms with Crippen LogP contribution in [-0.2, 0) is 9.53 Å². The van der Waals surface area contributed by atoms with E-state index in [1.54, 1.807) is 0 Å². The molecule has 0 bridgehead atoms. The molecule has 2 rings (SSSR count). The molecule has 2 fully saturated rings. The summed E-state index contributed by atoms with van der Waals surface area (Å²) in [6.45, 7) is 2.35. The number of ether oxygens (including phenoxy) is 1. The Morgan fingerprint density at radius 2 is 1.89 bits per heavy atom. The summed E-state index contributed by atoms with van der Waals surface area (Å²) in [6, 6.07) is 0.789. The molecule has 0 atom stereocenters. The first-order chi connectivity index (χ1) is 8.79. The standard InChI is InChI=1S/C15H27NO2/c1-18-15(17)8-5-11-16(12-13-9-10-13)14-6-3-2-4-7-14/h13-14H,2-12H2,1H3. The van der Waals surface area contributed by atoms with Crippen molar-refractivity contribution in [3.8, 4) is 0 Å². The van der Waals surface area contributed by atoms with Gasteiger partial charge >= 0.3 is 5.97 Å². The third-order valence-corrected chi connectivity index (χ3v) is 4.33. The molecule has 0 unspecified atom stereocenters. The molecule has 2 aliphatic rings. The van der Waals surface area contributed by atoms with Crippen LogP contribution in [0, 0.1) is 5.92 Å². The lowest BCUT2D eigenvalue weighted by Crippen LogP contribution is -2.39. The van der Waals surface area contributed by atoms with Crippen molar-refractivity contribution in [1.82, 2.24) is 4.90 Å². The van der Waals surface area contributed by atoms with E-state index in [2.05, 4.69) is 4.90 Å². The average molecular weight is 253 g/mol. The summed E-state index contributed by atoms with van der Waals surface area (Å²) in [4.78, 5) is 13.8. The van der Waals surface area contributed by atoms with Crippen LogP contribution in [0.4, 0.5) is 0 Å². The van der Waals surface area contributed by atoms with Crippen LogP contribution in [-0.4, -0.2) is 37.1 Å². The molecule has 0 heterocycles. The van der Waals surface area contributed by atoms with E-state index in [4.69, 9.17) is 4.74 Å². The van der Waals surface area contributed by atoms with E-state index in [9.17, 15) is 4.79 Å². The Hall–Kier alpha value is -0.570. The summed E-state index contributed by atoms with van der Waals surface area (Å²) in [6.07, 6.45) is 11.3. The first kappa shape index (κ1) is 13.9. The molecule has 0 radical (unpaired) electrons. The van der Waals surface area contributed by atoms with Crippen molar-refractivity contribution in [2.45, 2.75) is 63.8 Å². The number of esters is 1. The number of nitrogens with zero attached hydrogens (tertiary/aromatic N) is 1. The van der Waals surface area contributed by atoms with Gasteiger partial charge in [-0.15, -0.1) is 0 Å². The molecule has 18 heavy (non-hydrogen) atoms. The summed E-state index contributed by atoms with van der Waals surface area (Å²) < 4.78 is 4.71. The highest BCUT2D eigenvalue weighted by Crippen LogP contribution is 2.32. The Morgan fingerprint density at radius 1 is 1.17 bits per heavy atom. The second-order valence-corrected chi connectivity index (χ2v) is 5.91.